The number of nitrogens with one attached hydrogen (secondary N) is 1. The van der Waals surface area contributed by atoms with E-state index in [1.54, 1.807) is 11.6 Å². The van der Waals surface area contributed by atoms with E-state index < -0.39 is 50.8 Å². The molecule has 2 N–H and O–H groups in total. The number of thiazole rings is 1. The van der Waals surface area contributed by atoms with Crippen LogP contribution in [0.25, 0.3) is 0 Å². The number of allylic oxidation sites excluding steroid dienone is 1. The minimum Gasteiger partial charge on any atom is -0.481 e. The Bertz CT molecular complexity index is 1500. The molecule has 10 nitrogen and oxygen atoms in total. The van der Waals surface area contributed by atoms with Gasteiger partial charge in [0.1, 0.15) is 6.04 Å². The Hall–Kier alpha value is -3.23. The van der Waals surface area contributed by atoms with E-state index in [0.29, 0.717) is 34.9 Å². The first-order valence-electron chi connectivity index (χ1n) is 12.8. The van der Waals surface area contributed by atoms with Crippen molar-refractivity contribution in [3.8, 4) is 0 Å². The largest absolute Gasteiger partial charge is 0.481 e. The van der Waals surface area contributed by atoms with Crippen LogP contribution >= 0.6 is 11.3 Å². The number of carbonyl (C=O) groups excluding carboxylic acids is 1. The van der Waals surface area contributed by atoms with Crippen LogP contribution in [0.5, 0.6) is 0 Å². The number of esters is 1. The average Bonchev–Trinajstić information content (AvgIpc) is 3.45. The third kappa shape index (κ3) is 5.03. The van der Waals surface area contributed by atoms with Crippen molar-refractivity contribution in [3.05, 3.63) is 62.7 Å². The maximum Gasteiger partial charge on any atom is 0.338 e. The van der Waals surface area contributed by atoms with Crippen molar-refractivity contribution in [1.29, 1.82) is 0 Å². The lowest BCUT2D eigenvalue weighted by Gasteiger charge is -2.40. The summed E-state index contributed by atoms with van der Waals surface area (Å²) in [5, 5.41) is 13.9. The third-order valence-corrected chi connectivity index (χ3v) is 11.0. The lowest BCUT2D eigenvalue weighted by Crippen LogP contribution is -2.50. The molecule has 40 heavy (non-hydrogen) atoms. The number of nitrogens with zero attached hydrogens (tertiary/aromatic N) is 3. The van der Waals surface area contributed by atoms with Crippen LogP contribution in [-0.2, 0) is 24.3 Å². The number of carbonyl (C=O) groups is 2. The smallest absolute Gasteiger partial charge is 0.338 e. The van der Waals surface area contributed by atoms with Gasteiger partial charge in [0.15, 0.2) is 22.5 Å². The Kier molecular flexibility index (Phi) is 7.77. The predicted molar refractivity (Wildman–Crippen MR) is 142 cm³/mol. The van der Waals surface area contributed by atoms with Gasteiger partial charge in [0.2, 0.25) is 10.0 Å². The normalized spacial score (nSPS) is 24.2. The zero-order chi connectivity index (χ0) is 28.8. The summed E-state index contributed by atoms with van der Waals surface area (Å²) >= 11 is 1.31. The van der Waals surface area contributed by atoms with Crippen molar-refractivity contribution < 1.29 is 36.6 Å². The molecule has 0 radical (unpaired) electrons. The van der Waals surface area contributed by atoms with Gasteiger partial charge in [0.05, 0.1) is 23.9 Å². The molecule has 2 aromatic rings. The molecule has 2 fully saturated rings. The van der Waals surface area contributed by atoms with Crippen molar-refractivity contribution in [2.24, 2.45) is 16.8 Å². The summed E-state index contributed by atoms with van der Waals surface area (Å²) in [5.74, 6) is -4.31. The highest BCUT2D eigenvalue weighted by molar-refractivity contribution is 7.89. The molecule has 1 saturated carbocycles. The molecule has 14 heteroatoms. The van der Waals surface area contributed by atoms with E-state index in [4.69, 9.17) is 14.8 Å². The zero-order valence-corrected chi connectivity index (χ0v) is 23.4. The minimum absolute atomic E-state index is 0.0102. The van der Waals surface area contributed by atoms with E-state index in [2.05, 4.69) is 10.3 Å². The topological polar surface area (TPSA) is 138 Å². The van der Waals surface area contributed by atoms with Crippen molar-refractivity contribution in [2.75, 3.05) is 20.2 Å². The molecular weight excluding hydrogens is 566 g/mol. The van der Waals surface area contributed by atoms with Gasteiger partial charge in [-0.25, -0.2) is 31.3 Å². The molecule has 1 atom stereocenters. The van der Waals surface area contributed by atoms with Crippen LogP contribution in [0.3, 0.4) is 0 Å². The Morgan fingerprint density at radius 2 is 1.90 bits per heavy atom. The number of carboxylic acids is 1. The molecule has 3 heterocycles. The first-order chi connectivity index (χ1) is 19.0. The van der Waals surface area contributed by atoms with Crippen LogP contribution in [0.1, 0.15) is 47.9 Å². The van der Waals surface area contributed by atoms with Gasteiger partial charge in [-0.3, -0.25) is 9.79 Å². The van der Waals surface area contributed by atoms with Gasteiger partial charge in [-0.15, -0.1) is 11.3 Å². The molecule has 1 aliphatic carbocycles. The summed E-state index contributed by atoms with van der Waals surface area (Å²) in [7, 11) is -2.44. The monoisotopic (exact) mass is 594 g/mol. The highest BCUT2D eigenvalue weighted by Gasteiger charge is 2.46. The van der Waals surface area contributed by atoms with Crippen LogP contribution in [0.2, 0.25) is 0 Å². The Morgan fingerprint density at radius 3 is 2.50 bits per heavy atom. The Labute approximate surface area is 233 Å². The maximum atomic E-state index is 14.6. The Morgan fingerprint density at radius 1 is 1.20 bits per heavy atom. The molecule has 1 aromatic heterocycles. The summed E-state index contributed by atoms with van der Waals surface area (Å²) in [5.41, 5.74) is 0.927. The number of carboxylic acid groups (broad SMARTS) is 1. The van der Waals surface area contributed by atoms with Gasteiger partial charge in [0.25, 0.3) is 0 Å². The first kappa shape index (κ1) is 28.3. The number of ether oxygens (including phenoxy) is 1. The minimum atomic E-state index is -3.66. The lowest BCUT2D eigenvalue weighted by molar-refractivity contribution is -0.144. The van der Waals surface area contributed by atoms with Gasteiger partial charge < -0.3 is 15.2 Å². The molecule has 1 saturated heterocycles. The van der Waals surface area contributed by atoms with E-state index >= 15 is 0 Å². The molecule has 5 rings (SSSR count). The number of rotatable bonds is 7. The van der Waals surface area contributed by atoms with Crippen LogP contribution in [0.4, 0.5) is 8.78 Å². The fourth-order valence-electron chi connectivity index (χ4n) is 5.48. The molecule has 0 amide bonds. The molecule has 214 valence electrons. The number of benzene rings is 1. The second kappa shape index (κ2) is 11.0. The number of hydrogen-bond donors (Lipinski definition) is 2. The number of halogens is 2. The number of hydrogen-bond acceptors (Lipinski definition) is 9. The number of aromatic nitrogens is 1. The standard InChI is InChI=1S/C26H28F2N4O6S2/c1-13-17(3-4-18(27)20(13)28)22-19(26(35)38-2)21(30-23(31-22)24-29-7-10-39-24)14-5-8-32(9-6-14)40(36,37)16-11-15(12-16)25(33)34/h3-4,7,10,14-16,22H,5-6,8-9,11-12H2,1-2H3,(H,30,31)(H,33,34)/t15-,16-,22-/m0/s1. The van der Waals surface area contributed by atoms with Crippen molar-refractivity contribution >= 4 is 39.1 Å². The van der Waals surface area contributed by atoms with Crippen LogP contribution < -0.4 is 5.32 Å². The molecule has 2 aliphatic heterocycles. The molecule has 1 aromatic carbocycles. The highest BCUT2D eigenvalue weighted by Crippen LogP contribution is 2.41. The van der Waals surface area contributed by atoms with Crippen molar-refractivity contribution in [1.82, 2.24) is 14.6 Å². The maximum absolute atomic E-state index is 14.6. The SMILES string of the molecule is COC(=O)C1=C(C2CCN(S(=O)(=O)[C@H]3C[C@H](C(=O)O)C3)CC2)NC(c2nccs2)=N[C@H]1c1ccc(F)c(F)c1C. The summed E-state index contributed by atoms with van der Waals surface area (Å²) in [6, 6.07) is 1.37. The fraction of sp³-hybridized carbons (Fsp3) is 0.462. The zero-order valence-electron chi connectivity index (χ0n) is 21.8. The third-order valence-electron chi connectivity index (χ3n) is 7.88. The molecule has 0 spiro atoms. The number of piperidine rings is 1. The van der Waals surface area contributed by atoms with Gasteiger partial charge in [-0.1, -0.05) is 6.07 Å². The van der Waals surface area contributed by atoms with E-state index in [-0.39, 0.29) is 43.0 Å². The second-order valence-electron chi connectivity index (χ2n) is 10.1. The fourth-order valence-corrected chi connectivity index (χ4v) is 8.16. The summed E-state index contributed by atoms with van der Waals surface area (Å²) < 4.78 is 61.3. The quantitative estimate of drug-likeness (QED) is 0.467. The molecular formula is C26H28F2N4O6S2. The van der Waals surface area contributed by atoms with E-state index in [0.717, 1.165) is 6.07 Å². The van der Waals surface area contributed by atoms with Gasteiger partial charge >= 0.3 is 11.9 Å². The van der Waals surface area contributed by atoms with Crippen LogP contribution in [0, 0.1) is 30.4 Å². The summed E-state index contributed by atoms with van der Waals surface area (Å²) in [4.78, 5) is 33.3. The molecule has 0 unspecified atom stereocenters. The number of amidine groups is 1. The number of aliphatic carboxylic acids is 1. The predicted octanol–water partition coefficient (Wildman–Crippen LogP) is 3.15. The highest BCUT2D eigenvalue weighted by atomic mass is 32.2. The van der Waals surface area contributed by atoms with E-state index in [9.17, 15) is 26.8 Å². The lowest BCUT2D eigenvalue weighted by atomic mass is 9.85. The average molecular weight is 595 g/mol. The first-order valence-corrected chi connectivity index (χ1v) is 15.1. The summed E-state index contributed by atoms with van der Waals surface area (Å²) in [6.45, 7) is 1.78. The van der Waals surface area contributed by atoms with E-state index in [1.165, 1.54) is 35.7 Å². The van der Waals surface area contributed by atoms with E-state index in [1.807, 2.05) is 0 Å². The molecule has 0 bridgehead atoms. The number of methoxy groups -OCH3 is 1. The van der Waals surface area contributed by atoms with Crippen LogP contribution in [-0.4, -0.2) is 66.0 Å². The number of sulfonamides is 1. The van der Waals surface area contributed by atoms with Crippen LogP contribution in [0.15, 0.2) is 40.0 Å². The van der Waals surface area contributed by atoms with Gasteiger partial charge in [-0.05, 0) is 49.8 Å². The van der Waals surface area contributed by atoms with Crippen molar-refractivity contribution in [2.45, 2.75) is 43.9 Å². The van der Waals surface area contributed by atoms with Gasteiger partial charge in [0, 0.05) is 36.3 Å². The van der Waals surface area contributed by atoms with Crippen molar-refractivity contribution in [3.63, 3.8) is 0 Å². The van der Waals surface area contributed by atoms with Gasteiger partial charge in [-0.2, -0.15) is 0 Å². The second-order valence-corrected chi connectivity index (χ2v) is 13.2. The number of aliphatic imine (C=N–C) groups is 1. The Balaban J connectivity index is 1.48. The summed E-state index contributed by atoms with van der Waals surface area (Å²) in [6.07, 6.45) is 2.52. The molecule has 3 aliphatic rings.